The van der Waals surface area contributed by atoms with Crippen molar-refractivity contribution in [3.05, 3.63) is 65.5 Å². The molecule has 0 aliphatic carbocycles. The summed E-state index contributed by atoms with van der Waals surface area (Å²) in [6, 6.07) is 12.6. The number of hydrogen-bond donors (Lipinski definition) is 2. The first-order chi connectivity index (χ1) is 13.2. The molecule has 0 aliphatic rings. The van der Waals surface area contributed by atoms with Crippen LogP contribution in [0.15, 0.2) is 48.5 Å². The van der Waals surface area contributed by atoms with Crippen LogP contribution in [0.4, 0.5) is 36.4 Å². The van der Waals surface area contributed by atoms with Crippen LogP contribution in [0.5, 0.6) is 0 Å². The van der Waals surface area contributed by atoms with Crippen LogP contribution in [0, 0.1) is 6.92 Å². The van der Waals surface area contributed by atoms with Gasteiger partial charge in [0.1, 0.15) is 5.82 Å². The van der Waals surface area contributed by atoms with Crippen molar-refractivity contribution in [1.29, 1.82) is 0 Å². The molecule has 0 atom stereocenters. The van der Waals surface area contributed by atoms with Crippen molar-refractivity contribution < 1.29 is 13.2 Å². The Kier molecular flexibility index (Phi) is 5.48. The first-order valence-corrected chi connectivity index (χ1v) is 8.74. The smallest absolute Gasteiger partial charge is 0.324 e. The lowest BCUT2D eigenvalue weighted by Crippen LogP contribution is -2.09. The first-order valence-electron chi connectivity index (χ1n) is 8.74. The summed E-state index contributed by atoms with van der Waals surface area (Å²) in [6.45, 7) is 5.83. The molecule has 0 saturated carbocycles. The molecule has 28 heavy (non-hydrogen) atoms. The molecule has 1 aromatic heterocycles. The van der Waals surface area contributed by atoms with E-state index in [-0.39, 0.29) is 17.6 Å². The molecule has 0 amide bonds. The van der Waals surface area contributed by atoms with Gasteiger partial charge in [-0.25, -0.2) is 0 Å². The minimum absolute atomic E-state index is 0.0168. The van der Waals surface area contributed by atoms with Gasteiger partial charge in [0.25, 0.3) is 0 Å². The van der Waals surface area contributed by atoms with E-state index < -0.39 is 11.7 Å². The van der Waals surface area contributed by atoms with Crippen molar-refractivity contribution in [1.82, 2.24) is 15.0 Å². The Morgan fingerprint density at radius 3 is 1.93 bits per heavy atom. The van der Waals surface area contributed by atoms with E-state index in [0.717, 1.165) is 23.4 Å². The second kappa shape index (κ2) is 7.84. The number of hydrogen-bond acceptors (Lipinski definition) is 5. The van der Waals surface area contributed by atoms with Gasteiger partial charge in [0, 0.05) is 17.3 Å². The van der Waals surface area contributed by atoms with Crippen LogP contribution in [0.3, 0.4) is 0 Å². The van der Waals surface area contributed by atoms with E-state index in [1.807, 2.05) is 45.0 Å². The summed E-state index contributed by atoms with van der Waals surface area (Å²) < 4.78 is 38.8. The zero-order valence-corrected chi connectivity index (χ0v) is 15.7. The van der Waals surface area contributed by atoms with Gasteiger partial charge in [0.15, 0.2) is 0 Å². The SMILES string of the molecule is Cc1cccc(Nc2nc(Nc3cccc(C(F)(F)F)c3)nc(C(C)C)n2)c1. The summed E-state index contributed by atoms with van der Waals surface area (Å²) in [7, 11) is 0. The van der Waals surface area contributed by atoms with Gasteiger partial charge in [-0.1, -0.05) is 32.0 Å². The quantitative estimate of drug-likeness (QED) is 0.578. The monoisotopic (exact) mass is 387 g/mol. The maximum absolute atomic E-state index is 12.9. The maximum atomic E-state index is 12.9. The molecule has 0 spiro atoms. The van der Waals surface area contributed by atoms with Gasteiger partial charge in [0.05, 0.1) is 5.56 Å². The van der Waals surface area contributed by atoms with Crippen molar-refractivity contribution in [2.45, 2.75) is 32.9 Å². The average Bonchev–Trinajstić information content (AvgIpc) is 2.61. The van der Waals surface area contributed by atoms with Gasteiger partial charge in [-0.2, -0.15) is 28.1 Å². The second-order valence-electron chi connectivity index (χ2n) is 6.69. The molecule has 0 unspecified atom stereocenters. The van der Waals surface area contributed by atoms with E-state index >= 15 is 0 Å². The molecule has 2 aromatic carbocycles. The van der Waals surface area contributed by atoms with E-state index in [9.17, 15) is 13.2 Å². The van der Waals surface area contributed by atoms with E-state index in [2.05, 4.69) is 25.6 Å². The van der Waals surface area contributed by atoms with Gasteiger partial charge in [-0.05, 0) is 42.8 Å². The zero-order valence-electron chi connectivity index (χ0n) is 15.7. The third kappa shape index (κ3) is 4.97. The van der Waals surface area contributed by atoms with Crippen molar-refractivity contribution in [3.63, 3.8) is 0 Å². The Bertz CT molecular complexity index is 970. The summed E-state index contributed by atoms with van der Waals surface area (Å²) >= 11 is 0. The highest BCUT2D eigenvalue weighted by Crippen LogP contribution is 2.31. The lowest BCUT2D eigenvalue weighted by molar-refractivity contribution is -0.137. The highest BCUT2D eigenvalue weighted by atomic mass is 19.4. The van der Waals surface area contributed by atoms with Gasteiger partial charge in [-0.15, -0.1) is 0 Å². The van der Waals surface area contributed by atoms with E-state index in [0.29, 0.717) is 11.8 Å². The summed E-state index contributed by atoms with van der Waals surface area (Å²) in [5, 5.41) is 5.97. The molecule has 0 radical (unpaired) electrons. The minimum Gasteiger partial charge on any atom is -0.324 e. The molecule has 0 bridgehead atoms. The molecule has 8 heteroatoms. The minimum atomic E-state index is -4.42. The molecular formula is C20H20F3N5. The second-order valence-corrected chi connectivity index (χ2v) is 6.69. The van der Waals surface area contributed by atoms with Crippen molar-refractivity contribution in [2.75, 3.05) is 10.6 Å². The number of aryl methyl sites for hydroxylation is 1. The van der Waals surface area contributed by atoms with Crippen LogP contribution >= 0.6 is 0 Å². The first kappa shape index (κ1) is 19.6. The Hall–Kier alpha value is -3.16. The summed E-state index contributed by atoms with van der Waals surface area (Å²) in [5.74, 6) is 1.04. The average molecular weight is 387 g/mol. The Balaban J connectivity index is 1.91. The third-order valence-corrected chi connectivity index (χ3v) is 3.89. The fraction of sp³-hybridized carbons (Fsp3) is 0.250. The fourth-order valence-electron chi connectivity index (χ4n) is 2.52. The predicted octanol–water partition coefficient (Wildman–Crippen LogP) is 5.81. The number of anilines is 4. The number of nitrogens with one attached hydrogen (secondary N) is 2. The topological polar surface area (TPSA) is 62.7 Å². The molecule has 5 nitrogen and oxygen atoms in total. The van der Waals surface area contributed by atoms with Crippen LogP contribution in [0.1, 0.15) is 36.7 Å². The summed E-state index contributed by atoms with van der Waals surface area (Å²) in [5.41, 5.74) is 1.39. The maximum Gasteiger partial charge on any atom is 0.416 e. The van der Waals surface area contributed by atoms with E-state index in [1.165, 1.54) is 12.1 Å². The molecule has 0 saturated heterocycles. The Morgan fingerprint density at radius 2 is 1.39 bits per heavy atom. The highest BCUT2D eigenvalue weighted by molar-refractivity contribution is 5.58. The Morgan fingerprint density at radius 1 is 0.821 bits per heavy atom. The number of benzene rings is 2. The summed E-state index contributed by atoms with van der Waals surface area (Å²) in [4.78, 5) is 13.0. The third-order valence-electron chi connectivity index (χ3n) is 3.89. The molecule has 2 N–H and O–H groups in total. The van der Waals surface area contributed by atoms with Crippen molar-refractivity contribution >= 4 is 23.3 Å². The number of aromatic nitrogens is 3. The van der Waals surface area contributed by atoms with Gasteiger partial charge < -0.3 is 10.6 Å². The molecule has 3 aromatic rings. The summed E-state index contributed by atoms with van der Waals surface area (Å²) in [6.07, 6.45) is -4.42. The van der Waals surface area contributed by atoms with Gasteiger partial charge in [0.2, 0.25) is 11.9 Å². The number of nitrogens with zero attached hydrogens (tertiary/aromatic N) is 3. The molecule has 0 fully saturated rings. The number of alkyl halides is 3. The lowest BCUT2D eigenvalue weighted by atomic mass is 10.2. The van der Waals surface area contributed by atoms with Crippen LogP contribution < -0.4 is 10.6 Å². The largest absolute Gasteiger partial charge is 0.416 e. The number of halogens is 3. The van der Waals surface area contributed by atoms with E-state index in [4.69, 9.17) is 0 Å². The van der Waals surface area contributed by atoms with Crippen LogP contribution in [0.2, 0.25) is 0 Å². The Labute approximate surface area is 161 Å². The van der Waals surface area contributed by atoms with Crippen molar-refractivity contribution in [2.24, 2.45) is 0 Å². The highest BCUT2D eigenvalue weighted by Gasteiger charge is 2.30. The van der Waals surface area contributed by atoms with E-state index in [1.54, 1.807) is 0 Å². The van der Waals surface area contributed by atoms with Crippen LogP contribution in [-0.2, 0) is 6.18 Å². The molecule has 146 valence electrons. The lowest BCUT2D eigenvalue weighted by Gasteiger charge is -2.13. The molecule has 1 heterocycles. The fourth-order valence-corrected chi connectivity index (χ4v) is 2.52. The van der Waals surface area contributed by atoms with Gasteiger partial charge >= 0.3 is 6.18 Å². The number of rotatable bonds is 5. The van der Waals surface area contributed by atoms with Crippen LogP contribution in [-0.4, -0.2) is 15.0 Å². The molecule has 0 aliphatic heterocycles. The normalized spacial score (nSPS) is 11.5. The zero-order chi connectivity index (χ0) is 20.3. The standard InChI is InChI=1S/C20H20F3N5/c1-12(2)17-26-18(24-15-8-4-6-13(3)10-15)28-19(27-17)25-16-9-5-7-14(11-16)20(21,22)23/h4-12H,1-3H3,(H2,24,25,26,27,28). The van der Waals surface area contributed by atoms with Gasteiger partial charge in [-0.3, -0.25) is 0 Å². The molecular weight excluding hydrogens is 367 g/mol. The molecule has 3 rings (SSSR count). The van der Waals surface area contributed by atoms with Crippen molar-refractivity contribution in [3.8, 4) is 0 Å². The van der Waals surface area contributed by atoms with Crippen LogP contribution in [0.25, 0.3) is 0 Å². The predicted molar refractivity (Wildman–Crippen MR) is 103 cm³/mol.